The first kappa shape index (κ1) is 14.4. The van der Waals surface area contributed by atoms with Crippen LogP contribution in [-0.2, 0) is 17.6 Å². The molecule has 0 bridgehead atoms. The second-order valence-corrected chi connectivity index (χ2v) is 6.10. The van der Waals surface area contributed by atoms with E-state index in [1.165, 1.54) is 17.5 Å². The molecule has 1 fully saturated rings. The number of aliphatic hydroxyl groups excluding tert-OH is 1. The molecule has 2 aliphatic rings. The van der Waals surface area contributed by atoms with Crippen LogP contribution in [0.15, 0.2) is 18.2 Å². The number of aliphatic hydroxyl groups is 1. The van der Waals surface area contributed by atoms with Crippen LogP contribution in [0.5, 0.6) is 5.75 Å². The Morgan fingerprint density at radius 2 is 2.00 bits per heavy atom. The third-order valence-electron chi connectivity index (χ3n) is 4.52. The zero-order valence-electron chi connectivity index (χ0n) is 12.3. The zero-order valence-corrected chi connectivity index (χ0v) is 12.3. The van der Waals surface area contributed by atoms with Gasteiger partial charge in [-0.25, -0.2) is 0 Å². The van der Waals surface area contributed by atoms with E-state index in [4.69, 9.17) is 4.74 Å². The highest BCUT2D eigenvalue weighted by Crippen LogP contribution is 2.26. The highest BCUT2D eigenvalue weighted by Gasteiger charge is 2.24. The summed E-state index contributed by atoms with van der Waals surface area (Å²) in [6.07, 6.45) is 6.78. The Labute approximate surface area is 125 Å². The zero-order chi connectivity index (χ0) is 14.7. The van der Waals surface area contributed by atoms with Gasteiger partial charge in [0, 0.05) is 0 Å². The molecule has 0 heterocycles. The maximum absolute atomic E-state index is 11.9. The summed E-state index contributed by atoms with van der Waals surface area (Å²) in [6, 6.07) is 5.97. The normalized spacial score (nSPS) is 24.4. The molecule has 0 radical (unpaired) electrons. The summed E-state index contributed by atoms with van der Waals surface area (Å²) < 4.78 is 5.58. The lowest BCUT2D eigenvalue weighted by atomic mass is 9.92. The van der Waals surface area contributed by atoms with Gasteiger partial charge in [0.2, 0.25) is 0 Å². The summed E-state index contributed by atoms with van der Waals surface area (Å²) in [5, 5.41) is 12.7. The van der Waals surface area contributed by atoms with E-state index in [1.54, 1.807) is 0 Å². The number of fused-ring (bicyclic) bond motifs is 1. The van der Waals surface area contributed by atoms with Crippen LogP contribution in [0.4, 0.5) is 0 Å². The average molecular weight is 289 g/mol. The lowest BCUT2D eigenvalue weighted by molar-refractivity contribution is -0.125. The number of ether oxygens (including phenoxy) is 1. The molecule has 4 heteroatoms. The number of aryl methyl sites for hydroxylation is 2. The maximum atomic E-state index is 11.9. The molecule has 0 aromatic heterocycles. The van der Waals surface area contributed by atoms with E-state index in [0.717, 1.165) is 44.3 Å². The molecule has 1 saturated carbocycles. The number of benzene rings is 1. The Hall–Kier alpha value is -1.55. The van der Waals surface area contributed by atoms with Gasteiger partial charge < -0.3 is 15.2 Å². The van der Waals surface area contributed by atoms with Crippen LogP contribution in [-0.4, -0.2) is 29.8 Å². The molecule has 114 valence electrons. The maximum Gasteiger partial charge on any atom is 0.258 e. The molecule has 1 amide bonds. The topological polar surface area (TPSA) is 58.6 Å². The molecular formula is C17H23NO3. The molecule has 0 spiro atoms. The number of carbonyl (C=O) groups excluding carboxylic acids is 1. The Morgan fingerprint density at radius 1 is 1.19 bits per heavy atom. The van der Waals surface area contributed by atoms with Crippen LogP contribution in [0.1, 0.15) is 43.2 Å². The second kappa shape index (κ2) is 6.48. The smallest absolute Gasteiger partial charge is 0.258 e. The van der Waals surface area contributed by atoms with Crippen LogP contribution in [0.25, 0.3) is 0 Å². The first-order chi connectivity index (χ1) is 10.2. The summed E-state index contributed by atoms with van der Waals surface area (Å²) >= 11 is 0. The first-order valence-electron chi connectivity index (χ1n) is 7.94. The number of hydrogen-bond donors (Lipinski definition) is 2. The lowest BCUT2D eigenvalue weighted by Gasteiger charge is -2.28. The third kappa shape index (κ3) is 3.56. The van der Waals surface area contributed by atoms with Gasteiger partial charge in [0.1, 0.15) is 5.75 Å². The van der Waals surface area contributed by atoms with Crippen molar-refractivity contribution in [3.05, 3.63) is 29.3 Å². The first-order valence-corrected chi connectivity index (χ1v) is 7.94. The average Bonchev–Trinajstić information content (AvgIpc) is 2.95. The molecule has 0 saturated heterocycles. The number of hydrogen-bond acceptors (Lipinski definition) is 3. The fraction of sp³-hybridized carbons (Fsp3) is 0.588. The van der Waals surface area contributed by atoms with Crippen molar-refractivity contribution < 1.29 is 14.6 Å². The molecule has 0 aliphatic heterocycles. The highest BCUT2D eigenvalue weighted by molar-refractivity contribution is 5.77. The highest BCUT2D eigenvalue weighted by atomic mass is 16.5. The van der Waals surface area contributed by atoms with E-state index in [0.29, 0.717) is 0 Å². The largest absolute Gasteiger partial charge is 0.484 e. The number of nitrogens with one attached hydrogen (secondary N) is 1. The third-order valence-corrected chi connectivity index (χ3v) is 4.52. The fourth-order valence-electron chi connectivity index (χ4n) is 3.31. The van der Waals surface area contributed by atoms with Crippen molar-refractivity contribution in [3.63, 3.8) is 0 Å². The molecular weight excluding hydrogens is 266 g/mol. The minimum Gasteiger partial charge on any atom is -0.484 e. The van der Waals surface area contributed by atoms with Crippen molar-refractivity contribution in [2.24, 2.45) is 0 Å². The second-order valence-electron chi connectivity index (χ2n) is 6.10. The molecule has 2 unspecified atom stereocenters. The van der Waals surface area contributed by atoms with Crippen molar-refractivity contribution in [3.8, 4) is 5.75 Å². The van der Waals surface area contributed by atoms with Crippen molar-refractivity contribution in [1.29, 1.82) is 0 Å². The Kier molecular flexibility index (Phi) is 4.44. The van der Waals surface area contributed by atoms with Crippen LogP contribution >= 0.6 is 0 Å². The predicted molar refractivity (Wildman–Crippen MR) is 80.4 cm³/mol. The van der Waals surface area contributed by atoms with E-state index < -0.39 is 6.10 Å². The Balaban J connectivity index is 1.49. The van der Waals surface area contributed by atoms with Gasteiger partial charge in [-0.1, -0.05) is 18.9 Å². The Bertz CT molecular complexity index is 515. The molecule has 4 nitrogen and oxygen atoms in total. The minimum absolute atomic E-state index is 0.0159. The number of rotatable bonds is 4. The SMILES string of the molecule is O=C(COc1ccc2c(c1)CCC2)NC1CCCCC1O. The van der Waals surface area contributed by atoms with Gasteiger partial charge in [-0.15, -0.1) is 0 Å². The minimum atomic E-state index is -0.414. The molecule has 2 atom stereocenters. The van der Waals surface area contributed by atoms with Gasteiger partial charge in [-0.05, 0) is 55.4 Å². The van der Waals surface area contributed by atoms with Crippen molar-refractivity contribution in [2.75, 3.05) is 6.61 Å². The van der Waals surface area contributed by atoms with E-state index >= 15 is 0 Å². The molecule has 1 aromatic carbocycles. The van der Waals surface area contributed by atoms with E-state index in [1.807, 2.05) is 12.1 Å². The van der Waals surface area contributed by atoms with Crippen molar-refractivity contribution >= 4 is 5.91 Å². The van der Waals surface area contributed by atoms with Gasteiger partial charge in [-0.3, -0.25) is 4.79 Å². The predicted octanol–water partition coefficient (Wildman–Crippen LogP) is 1.97. The molecule has 1 aromatic rings. The standard InChI is InChI=1S/C17H23NO3/c19-16-7-2-1-6-15(16)18-17(20)11-21-14-9-8-12-4-3-5-13(12)10-14/h8-10,15-16,19H,1-7,11H2,(H,18,20). The van der Waals surface area contributed by atoms with Gasteiger partial charge >= 0.3 is 0 Å². The van der Waals surface area contributed by atoms with Gasteiger partial charge in [0.15, 0.2) is 6.61 Å². The fourth-order valence-corrected chi connectivity index (χ4v) is 3.31. The summed E-state index contributed by atoms with van der Waals surface area (Å²) in [5.74, 6) is 0.608. The summed E-state index contributed by atoms with van der Waals surface area (Å²) in [4.78, 5) is 11.9. The van der Waals surface area contributed by atoms with Crippen LogP contribution in [0.3, 0.4) is 0 Å². The monoisotopic (exact) mass is 289 g/mol. The van der Waals surface area contributed by atoms with Crippen LogP contribution in [0, 0.1) is 0 Å². The van der Waals surface area contributed by atoms with Crippen LogP contribution in [0.2, 0.25) is 0 Å². The van der Waals surface area contributed by atoms with Crippen molar-refractivity contribution in [1.82, 2.24) is 5.32 Å². The van der Waals surface area contributed by atoms with Gasteiger partial charge in [0.05, 0.1) is 12.1 Å². The van der Waals surface area contributed by atoms with E-state index in [9.17, 15) is 9.90 Å². The summed E-state index contributed by atoms with van der Waals surface area (Å²) in [7, 11) is 0. The van der Waals surface area contributed by atoms with Gasteiger partial charge in [-0.2, -0.15) is 0 Å². The Morgan fingerprint density at radius 3 is 2.86 bits per heavy atom. The number of amides is 1. The molecule has 2 aliphatic carbocycles. The number of carbonyl (C=O) groups is 1. The molecule has 2 N–H and O–H groups in total. The van der Waals surface area contributed by atoms with Crippen molar-refractivity contribution in [2.45, 2.75) is 57.1 Å². The van der Waals surface area contributed by atoms with E-state index in [-0.39, 0.29) is 18.6 Å². The summed E-state index contributed by atoms with van der Waals surface area (Å²) in [6.45, 7) is 0.0159. The quantitative estimate of drug-likeness (QED) is 0.891. The molecule has 3 rings (SSSR count). The van der Waals surface area contributed by atoms with Crippen LogP contribution < -0.4 is 10.1 Å². The summed E-state index contributed by atoms with van der Waals surface area (Å²) in [5.41, 5.74) is 2.74. The lowest BCUT2D eigenvalue weighted by Crippen LogP contribution is -2.46. The van der Waals surface area contributed by atoms with E-state index in [2.05, 4.69) is 11.4 Å². The molecule has 21 heavy (non-hydrogen) atoms. The van der Waals surface area contributed by atoms with Gasteiger partial charge in [0.25, 0.3) is 5.91 Å².